The van der Waals surface area contributed by atoms with Crippen LogP contribution in [0.15, 0.2) is 6.20 Å². The minimum atomic E-state index is 0.774. The van der Waals surface area contributed by atoms with Crippen LogP contribution in [0.25, 0.3) is 0 Å². The average molecular weight is 265 g/mol. The highest BCUT2D eigenvalue weighted by molar-refractivity contribution is 5.15. The van der Waals surface area contributed by atoms with Gasteiger partial charge in [-0.1, -0.05) is 40.0 Å². The summed E-state index contributed by atoms with van der Waals surface area (Å²) < 4.78 is 2.15. The Kier molecular flexibility index (Phi) is 7.80. The Balaban J connectivity index is 2.51. The van der Waals surface area contributed by atoms with E-state index in [2.05, 4.69) is 49.0 Å². The predicted octanol–water partition coefficient (Wildman–Crippen LogP) is 3.91. The lowest BCUT2D eigenvalue weighted by Crippen LogP contribution is -2.14. The van der Waals surface area contributed by atoms with Crippen molar-refractivity contribution in [3.8, 4) is 0 Å². The minimum absolute atomic E-state index is 0.774. The quantitative estimate of drug-likeness (QED) is 0.650. The Morgan fingerprint density at radius 2 is 2.05 bits per heavy atom. The Bertz CT molecular complexity index is 344. The van der Waals surface area contributed by atoms with Gasteiger partial charge in [-0.2, -0.15) is 5.10 Å². The first-order chi connectivity index (χ1) is 9.21. The normalized spacial score (nSPS) is 12.8. The average Bonchev–Trinajstić information content (AvgIpc) is 2.75. The number of unbranched alkanes of at least 4 members (excludes halogenated alkanes) is 1. The summed E-state index contributed by atoms with van der Waals surface area (Å²) in [7, 11) is 0. The molecule has 0 aliphatic carbocycles. The Morgan fingerprint density at radius 1 is 1.26 bits per heavy atom. The molecule has 0 aromatic carbocycles. The van der Waals surface area contributed by atoms with Crippen LogP contribution in [0.4, 0.5) is 0 Å². The van der Waals surface area contributed by atoms with Gasteiger partial charge in [0.2, 0.25) is 0 Å². The highest BCUT2D eigenvalue weighted by atomic mass is 15.3. The second-order valence-electron chi connectivity index (χ2n) is 5.56. The van der Waals surface area contributed by atoms with E-state index in [9.17, 15) is 0 Å². The largest absolute Gasteiger partial charge is 0.313 e. The van der Waals surface area contributed by atoms with Crippen molar-refractivity contribution in [2.75, 3.05) is 6.54 Å². The summed E-state index contributed by atoms with van der Waals surface area (Å²) in [5.41, 5.74) is 2.52. The van der Waals surface area contributed by atoms with Crippen LogP contribution < -0.4 is 5.32 Å². The molecule has 0 saturated carbocycles. The van der Waals surface area contributed by atoms with E-state index in [1.165, 1.54) is 43.4 Å². The fourth-order valence-electron chi connectivity index (χ4n) is 2.41. The number of nitrogens with one attached hydrogen (secondary N) is 1. The number of rotatable bonds is 10. The van der Waals surface area contributed by atoms with Gasteiger partial charge < -0.3 is 5.32 Å². The molecule has 0 saturated heterocycles. The van der Waals surface area contributed by atoms with Gasteiger partial charge in [0.1, 0.15) is 0 Å². The lowest BCUT2D eigenvalue weighted by Gasteiger charge is -2.14. The SMILES string of the molecule is CCCCC(CC)Cn1cc(CNCCC)c(C)n1. The van der Waals surface area contributed by atoms with Crippen molar-refractivity contribution in [2.24, 2.45) is 5.92 Å². The van der Waals surface area contributed by atoms with Gasteiger partial charge in [0.15, 0.2) is 0 Å². The first-order valence-corrected chi connectivity index (χ1v) is 7.94. The molecule has 0 fully saturated rings. The maximum absolute atomic E-state index is 4.66. The summed E-state index contributed by atoms with van der Waals surface area (Å²) in [5, 5.41) is 8.12. The van der Waals surface area contributed by atoms with Crippen molar-refractivity contribution >= 4 is 0 Å². The molecule has 110 valence electrons. The molecule has 0 bridgehead atoms. The number of hydrogen-bond donors (Lipinski definition) is 1. The van der Waals surface area contributed by atoms with E-state index in [1.54, 1.807) is 0 Å². The molecule has 1 N–H and O–H groups in total. The Morgan fingerprint density at radius 3 is 2.68 bits per heavy atom. The first-order valence-electron chi connectivity index (χ1n) is 7.94. The second kappa shape index (κ2) is 9.13. The van der Waals surface area contributed by atoms with E-state index in [1.807, 2.05) is 0 Å². The molecular formula is C16H31N3. The van der Waals surface area contributed by atoms with Crippen LogP contribution >= 0.6 is 0 Å². The molecule has 3 nitrogen and oxygen atoms in total. The van der Waals surface area contributed by atoms with E-state index in [0.717, 1.165) is 25.6 Å². The van der Waals surface area contributed by atoms with E-state index >= 15 is 0 Å². The third kappa shape index (κ3) is 5.77. The van der Waals surface area contributed by atoms with E-state index in [0.29, 0.717) is 0 Å². The number of aryl methyl sites for hydroxylation is 1. The van der Waals surface area contributed by atoms with Crippen LogP contribution in [-0.2, 0) is 13.1 Å². The van der Waals surface area contributed by atoms with Crippen LogP contribution in [0.3, 0.4) is 0 Å². The lowest BCUT2D eigenvalue weighted by atomic mass is 9.99. The summed E-state index contributed by atoms with van der Waals surface area (Å²) in [5.74, 6) is 0.774. The van der Waals surface area contributed by atoms with Gasteiger partial charge in [0.25, 0.3) is 0 Å². The maximum Gasteiger partial charge on any atom is 0.0638 e. The summed E-state index contributed by atoms with van der Waals surface area (Å²) >= 11 is 0. The molecule has 0 amide bonds. The fourth-order valence-corrected chi connectivity index (χ4v) is 2.41. The molecule has 1 heterocycles. The van der Waals surface area contributed by atoms with Gasteiger partial charge in [-0.15, -0.1) is 0 Å². The van der Waals surface area contributed by atoms with Gasteiger partial charge in [0.05, 0.1) is 5.69 Å². The van der Waals surface area contributed by atoms with E-state index in [-0.39, 0.29) is 0 Å². The molecule has 1 atom stereocenters. The summed E-state index contributed by atoms with van der Waals surface area (Å²) in [4.78, 5) is 0. The zero-order valence-electron chi connectivity index (χ0n) is 13.2. The molecule has 1 unspecified atom stereocenters. The van der Waals surface area contributed by atoms with Crippen LogP contribution in [0.1, 0.15) is 64.1 Å². The van der Waals surface area contributed by atoms with Crippen molar-refractivity contribution in [1.29, 1.82) is 0 Å². The summed E-state index contributed by atoms with van der Waals surface area (Å²) in [6, 6.07) is 0. The van der Waals surface area contributed by atoms with Crippen LogP contribution in [0.5, 0.6) is 0 Å². The molecular weight excluding hydrogens is 234 g/mol. The standard InChI is InChI=1S/C16H31N3/c1-5-8-9-15(7-3)12-19-13-16(14(4)18-19)11-17-10-6-2/h13,15,17H,5-12H2,1-4H3. The monoisotopic (exact) mass is 265 g/mol. The zero-order valence-corrected chi connectivity index (χ0v) is 13.2. The highest BCUT2D eigenvalue weighted by Gasteiger charge is 2.10. The van der Waals surface area contributed by atoms with Crippen LogP contribution in [0, 0.1) is 12.8 Å². The van der Waals surface area contributed by atoms with Crippen LogP contribution in [-0.4, -0.2) is 16.3 Å². The molecule has 0 aliphatic heterocycles. The van der Waals surface area contributed by atoms with Gasteiger partial charge >= 0.3 is 0 Å². The van der Waals surface area contributed by atoms with Crippen molar-refractivity contribution in [3.63, 3.8) is 0 Å². The molecule has 1 aromatic rings. The highest BCUT2D eigenvalue weighted by Crippen LogP contribution is 2.16. The predicted molar refractivity (Wildman–Crippen MR) is 82.3 cm³/mol. The molecule has 0 aliphatic rings. The summed E-state index contributed by atoms with van der Waals surface area (Å²) in [6.45, 7) is 12.0. The summed E-state index contributed by atoms with van der Waals surface area (Å²) in [6.07, 6.45) is 8.62. The van der Waals surface area contributed by atoms with Gasteiger partial charge in [-0.25, -0.2) is 0 Å². The molecule has 1 aromatic heterocycles. The smallest absolute Gasteiger partial charge is 0.0638 e. The number of aromatic nitrogens is 2. The molecule has 0 spiro atoms. The van der Waals surface area contributed by atoms with Crippen molar-refractivity contribution in [3.05, 3.63) is 17.5 Å². The van der Waals surface area contributed by atoms with Crippen LogP contribution in [0.2, 0.25) is 0 Å². The maximum atomic E-state index is 4.66. The Labute approximate surface area is 118 Å². The molecule has 0 radical (unpaired) electrons. The van der Waals surface area contributed by atoms with Gasteiger partial charge in [-0.3, -0.25) is 4.68 Å². The molecule has 1 rings (SSSR count). The van der Waals surface area contributed by atoms with E-state index < -0.39 is 0 Å². The number of nitrogens with zero attached hydrogens (tertiary/aromatic N) is 2. The third-order valence-electron chi connectivity index (χ3n) is 3.78. The second-order valence-corrected chi connectivity index (χ2v) is 5.56. The molecule has 19 heavy (non-hydrogen) atoms. The fraction of sp³-hybridized carbons (Fsp3) is 0.812. The zero-order chi connectivity index (χ0) is 14.1. The number of hydrogen-bond acceptors (Lipinski definition) is 2. The van der Waals surface area contributed by atoms with Crippen molar-refractivity contribution in [1.82, 2.24) is 15.1 Å². The van der Waals surface area contributed by atoms with Gasteiger partial charge in [0, 0.05) is 24.8 Å². The van der Waals surface area contributed by atoms with Crippen molar-refractivity contribution < 1.29 is 0 Å². The topological polar surface area (TPSA) is 29.9 Å². The van der Waals surface area contributed by atoms with E-state index in [4.69, 9.17) is 0 Å². The lowest BCUT2D eigenvalue weighted by molar-refractivity contribution is 0.371. The molecule has 3 heteroatoms. The first kappa shape index (κ1) is 16.2. The third-order valence-corrected chi connectivity index (χ3v) is 3.78. The van der Waals surface area contributed by atoms with Crippen molar-refractivity contribution in [2.45, 2.75) is 72.9 Å². The van der Waals surface area contributed by atoms with Gasteiger partial charge in [-0.05, 0) is 32.2 Å². The minimum Gasteiger partial charge on any atom is -0.313 e. The Hall–Kier alpha value is -0.830.